The highest BCUT2D eigenvalue weighted by atomic mass is 79.9. The van der Waals surface area contributed by atoms with Crippen molar-refractivity contribution in [3.8, 4) is 0 Å². The van der Waals surface area contributed by atoms with E-state index >= 15 is 0 Å². The maximum Gasteiger partial charge on any atom is 0.279 e. The normalized spacial score (nSPS) is 10.8. The number of hydrogen-bond acceptors (Lipinski definition) is 4. The Morgan fingerprint density at radius 2 is 1.96 bits per heavy atom. The first kappa shape index (κ1) is 16.4. The van der Waals surface area contributed by atoms with Crippen LogP contribution >= 0.6 is 15.9 Å². The average Bonchev–Trinajstić information content (AvgIpc) is 3.16. The maximum atomic E-state index is 12.3. The summed E-state index contributed by atoms with van der Waals surface area (Å²) in [5.74, 6) is -0.0905. The number of aromatic nitrogens is 5. The average molecular weight is 389 g/mol. The zero-order valence-corrected chi connectivity index (χ0v) is 15.0. The number of hydrogen-bond donors (Lipinski definition) is 1. The lowest BCUT2D eigenvalue weighted by Crippen LogP contribution is -2.15. The number of nitrogens with one attached hydrogen (secondary N) is 1. The van der Waals surface area contributed by atoms with Crippen molar-refractivity contribution in [2.45, 2.75) is 26.9 Å². The Kier molecular flexibility index (Phi) is 4.75. The van der Waals surface area contributed by atoms with Gasteiger partial charge in [-0.05, 0) is 35.3 Å². The van der Waals surface area contributed by atoms with Crippen LogP contribution in [0, 0.1) is 6.92 Å². The van der Waals surface area contributed by atoms with Gasteiger partial charge in [0.25, 0.3) is 5.91 Å². The monoisotopic (exact) mass is 388 g/mol. The van der Waals surface area contributed by atoms with E-state index in [2.05, 4.69) is 48.6 Å². The van der Waals surface area contributed by atoms with E-state index in [-0.39, 0.29) is 11.9 Å². The van der Waals surface area contributed by atoms with E-state index in [0.29, 0.717) is 23.3 Å². The zero-order valence-electron chi connectivity index (χ0n) is 13.4. The molecule has 8 heteroatoms. The summed E-state index contributed by atoms with van der Waals surface area (Å²) in [6.07, 6.45) is 3.35. The van der Waals surface area contributed by atoms with Gasteiger partial charge in [-0.1, -0.05) is 29.8 Å². The molecule has 0 unspecified atom stereocenters. The maximum absolute atomic E-state index is 12.3. The highest BCUT2D eigenvalue weighted by molar-refractivity contribution is 9.10. The Bertz CT molecular complexity index is 852. The van der Waals surface area contributed by atoms with Gasteiger partial charge in [0, 0.05) is 12.7 Å². The van der Waals surface area contributed by atoms with Crippen molar-refractivity contribution in [1.29, 1.82) is 0 Å². The summed E-state index contributed by atoms with van der Waals surface area (Å²) < 4.78 is 4.00. The molecule has 0 aliphatic carbocycles. The van der Waals surface area contributed by atoms with Crippen LogP contribution in [0.2, 0.25) is 0 Å². The van der Waals surface area contributed by atoms with Gasteiger partial charge in [0.05, 0.1) is 11.0 Å². The number of benzene rings is 1. The van der Waals surface area contributed by atoms with E-state index < -0.39 is 0 Å². The Morgan fingerprint density at radius 3 is 2.62 bits per heavy atom. The SMILES string of the molecule is CCn1cc(Br)c(C(=O)Nc2ncn(Cc3ccc(C)cc3)n2)n1. The quantitative estimate of drug-likeness (QED) is 0.728. The van der Waals surface area contributed by atoms with Crippen molar-refractivity contribution in [3.05, 3.63) is 58.1 Å². The van der Waals surface area contributed by atoms with Crippen LogP contribution in [0.15, 0.2) is 41.3 Å². The Balaban J connectivity index is 1.68. The van der Waals surface area contributed by atoms with Crippen LogP contribution in [0.25, 0.3) is 0 Å². The predicted octanol–water partition coefficient (Wildman–Crippen LogP) is 2.87. The van der Waals surface area contributed by atoms with Gasteiger partial charge in [-0.15, -0.1) is 5.10 Å². The van der Waals surface area contributed by atoms with Gasteiger partial charge in [-0.3, -0.25) is 14.8 Å². The molecule has 3 rings (SSSR count). The minimum absolute atomic E-state index is 0.255. The molecule has 24 heavy (non-hydrogen) atoms. The molecule has 0 aliphatic heterocycles. The number of aryl methyl sites for hydroxylation is 2. The van der Waals surface area contributed by atoms with Crippen LogP contribution in [0.5, 0.6) is 0 Å². The van der Waals surface area contributed by atoms with Crippen molar-refractivity contribution in [2.75, 3.05) is 5.32 Å². The largest absolute Gasteiger partial charge is 0.288 e. The lowest BCUT2D eigenvalue weighted by molar-refractivity contribution is 0.102. The highest BCUT2D eigenvalue weighted by Gasteiger charge is 2.16. The molecular formula is C16H17BrN6O. The first-order chi connectivity index (χ1) is 11.5. The summed E-state index contributed by atoms with van der Waals surface area (Å²) in [5, 5.41) is 11.1. The lowest BCUT2D eigenvalue weighted by Gasteiger charge is -2.02. The van der Waals surface area contributed by atoms with E-state index in [1.165, 1.54) is 5.56 Å². The molecule has 0 saturated heterocycles. The van der Waals surface area contributed by atoms with E-state index in [1.807, 2.05) is 26.0 Å². The molecule has 0 saturated carbocycles. The second-order valence-electron chi connectivity index (χ2n) is 5.39. The fourth-order valence-corrected chi connectivity index (χ4v) is 2.68. The molecule has 0 aliphatic rings. The predicted molar refractivity (Wildman–Crippen MR) is 93.9 cm³/mol. The van der Waals surface area contributed by atoms with Crippen LogP contribution in [0.1, 0.15) is 28.5 Å². The van der Waals surface area contributed by atoms with Crippen LogP contribution in [0.4, 0.5) is 5.95 Å². The summed E-state index contributed by atoms with van der Waals surface area (Å²) in [5.41, 5.74) is 2.64. The zero-order chi connectivity index (χ0) is 17.1. The summed E-state index contributed by atoms with van der Waals surface area (Å²) in [6, 6.07) is 8.20. The van der Waals surface area contributed by atoms with Gasteiger partial charge in [-0.25, -0.2) is 9.67 Å². The lowest BCUT2D eigenvalue weighted by atomic mass is 10.1. The number of halogens is 1. The molecule has 3 aromatic rings. The third kappa shape index (κ3) is 3.70. The molecule has 1 aromatic carbocycles. The molecule has 2 aromatic heterocycles. The number of carbonyl (C=O) groups is 1. The number of amides is 1. The molecule has 7 nitrogen and oxygen atoms in total. The molecule has 0 radical (unpaired) electrons. The van der Waals surface area contributed by atoms with E-state index in [0.717, 1.165) is 5.56 Å². The van der Waals surface area contributed by atoms with Gasteiger partial charge < -0.3 is 0 Å². The first-order valence-electron chi connectivity index (χ1n) is 7.54. The van der Waals surface area contributed by atoms with Gasteiger partial charge in [0.2, 0.25) is 5.95 Å². The van der Waals surface area contributed by atoms with Crippen LogP contribution < -0.4 is 5.32 Å². The van der Waals surface area contributed by atoms with Gasteiger partial charge in [0.1, 0.15) is 6.33 Å². The van der Waals surface area contributed by atoms with Crippen LogP contribution in [0.3, 0.4) is 0 Å². The van der Waals surface area contributed by atoms with Crippen molar-refractivity contribution >= 4 is 27.8 Å². The van der Waals surface area contributed by atoms with E-state index in [9.17, 15) is 4.79 Å². The van der Waals surface area contributed by atoms with Crippen molar-refractivity contribution in [1.82, 2.24) is 24.5 Å². The summed E-state index contributed by atoms with van der Waals surface area (Å²) in [4.78, 5) is 16.4. The molecule has 124 valence electrons. The Morgan fingerprint density at radius 1 is 1.21 bits per heavy atom. The van der Waals surface area contributed by atoms with Gasteiger partial charge in [-0.2, -0.15) is 5.10 Å². The fourth-order valence-electron chi connectivity index (χ4n) is 2.18. The molecule has 0 bridgehead atoms. The fraction of sp³-hybridized carbons (Fsp3) is 0.250. The van der Waals surface area contributed by atoms with Gasteiger partial charge in [0.15, 0.2) is 5.69 Å². The van der Waals surface area contributed by atoms with Crippen molar-refractivity contribution in [3.63, 3.8) is 0 Å². The molecular weight excluding hydrogens is 372 g/mol. The van der Waals surface area contributed by atoms with Crippen molar-refractivity contribution in [2.24, 2.45) is 0 Å². The Hall–Kier alpha value is -2.48. The molecule has 0 fully saturated rings. The Labute approximate surface area is 147 Å². The second kappa shape index (κ2) is 6.96. The minimum atomic E-state index is -0.345. The first-order valence-corrected chi connectivity index (χ1v) is 8.33. The topological polar surface area (TPSA) is 77.6 Å². The molecule has 0 atom stereocenters. The standard InChI is InChI=1S/C16H17BrN6O/c1-3-22-9-13(17)14(20-22)15(24)19-16-18-10-23(21-16)8-12-6-4-11(2)5-7-12/h4-7,9-10H,3,8H2,1-2H3,(H,19,21,24). The molecule has 0 spiro atoms. The molecule has 2 heterocycles. The third-order valence-corrected chi connectivity index (χ3v) is 4.06. The van der Waals surface area contributed by atoms with E-state index in [1.54, 1.807) is 21.9 Å². The van der Waals surface area contributed by atoms with Gasteiger partial charge >= 0.3 is 0 Å². The minimum Gasteiger partial charge on any atom is -0.288 e. The van der Waals surface area contributed by atoms with E-state index in [4.69, 9.17) is 0 Å². The molecule has 1 N–H and O–H groups in total. The number of anilines is 1. The molecule has 1 amide bonds. The number of carbonyl (C=O) groups excluding carboxylic acids is 1. The van der Waals surface area contributed by atoms with Crippen LogP contribution in [-0.4, -0.2) is 30.5 Å². The summed E-state index contributed by atoms with van der Waals surface area (Å²) in [7, 11) is 0. The second-order valence-corrected chi connectivity index (χ2v) is 6.24. The summed E-state index contributed by atoms with van der Waals surface area (Å²) >= 11 is 3.34. The summed E-state index contributed by atoms with van der Waals surface area (Å²) in [6.45, 7) is 5.28. The number of nitrogens with zero attached hydrogens (tertiary/aromatic N) is 5. The highest BCUT2D eigenvalue weighted by Crippen LogP contribution is 2.16. The van der Waals surface area contributed by atoms with Crippen molar-refractivity contribution < 1.29 is 4.79 Å². The number of rotatable bonds is 5. The van der Waals surface area contributed by atoms with Crippen LogP contribution in [-0.2, 0) is 13.1 Å². The smallest absolute Gasteiger partial charge is 0.279 e. The third-order valence-electron chi connectivity index (χ3n) is 3.48.